The molecule has 1 atom stereocenters. The Kier molecular flexibility index (Phi) is 3.94. The van der Waals surface area contributed by atoms with E-state index < -0.39 is 6.04 Å². The van der Waals surface area contributed by atoms with Crippen molar-refractivity contribution < 1.29 is 4.79 Å². The molecule has 22 heavy (non-hydrogen) atoms. The smallest absolute Gasteiger partial charge is 0.241 e. The number of carbonyl (C=O) groups is 1. The summed E-state index contributed by atoms with van der Waals surface area (Å²) in [6.07, 6.45) is 2.42. The molecule has 112 valence electrons. The van der Waals surface area contributed by atoms with Crippen molar-refractivity contribution in [1.29, 1.82) is 0 Å². The van der Waals surface area contributed by atoms with E-state index in [1.165, 1.54) is 0 Å². The Labute approximate surface area is 129 Å². The van der Waals surface area contributed by atoms with Crippen LogP contribution in [0.1, 0.15) is 11.1 Å². The molecule has 0 fully saturated rings. The maximum absolute atomic E-state index is 12.2. The van der Waals surface area contributed by atoms with Crippen LogP contribution in [0.5, 0.6) is 0 Å². The topological polar surface area (TPSA) is 70.9 Å². The van der Waals surface area contributed by atoms with Crippen LogP contribution in [-0.2, 0) is 11.2 Å². The Morgan fingerprint density at radius 3 is 2.86 bits per heavy atom. The Bertz CT molecular complexity index is 807. The number of carbonyl (C=O) groups excluding carboxylic acids is 1. The van der Waals surface area contributed by atoms with Crippen LogP contribution in [0.4, 0.5) is 5.69 Å². The lowest BCUT2D eigenvalue weighted by Crippen LogP contribution is -2.37. The van der Waals surface area contributed by atoms with Crippen LogP contribution in [0.3, 0.4) is 0 Å². The van der Waals surface area contributed by atoms with E-state index in [0.717, 1.165) is 27.7 Å². The largest absolute Gasteiger partial charge is 0.361 e. The van der Waals surface area contributed by atoms with Crippen molar-refractivity contribution in [1.82, 2.24) is 4.98 Å². The zero-order valence-corrected chi connectivity index (χ0v) is 12.5. The number of nitrogens with two attached hydrogens (primary N) is 1. The summed E-state index contributed by atoms with van der Waals surface area (Å²) in [6.45, 7) is 1.99. The van der Waals surface area contributed by atoms with Crippen LogP contribution in [-0.4, -0.2) is 16.9 Å². The van der Waals surface area contributed by atoms with E-state index in [-0.39, 0.29) is 5.91 Å². The predicted octanol–water partition coefficient (Wildman–Crippen LogP) is 2.98. The third kappa shape index (κ3) is 3.02. The van der Waals surface area contributed by atoms with Gasteiger partial charge in [-0.25, -0.2) is 0 Å². The summed E-state index contributed by atoms with van der Waals surface area (Å²) >= 11 is 0. The van der Waals surface area contributed by atoms with Gasteiger partial charge in [0.15, 0.2) is 0 Å². The molecular formula is C18H19N3O. The van der Waals surface area contributed by atoms with Crippen LogP contribution < -0.4 is 11.1 Å². The van der Waals surface area contributed by atoms with E-state index in [2.05, 4.69) is 10.3 Å². The van der Waals surface area contributed by atoms with E-state index in [0.29, 0.717) is 6.42 Å². The van der Waals surface area contributed by atoms with Gasteiger partial charge < -0.3 is 16.0 Å². The predicted molar refractivity (Wildman–Crippen MR) is 89.8 cm³/mol. The molecule has 4 nitrogen and oxygen atoms in total. The number of aryl methyl sites for hydroxylation is 1. The number of aromatic amines is 1. The maximum atomic E-state index is 12.2. The molecule has 0 radical (unpaired) electrons. The van der Waals surface area contributed by atoms with Crippen molar-refractivity contribution in [2.75, 3.05) is 5.32 Å². The number of fused-ring (bicyclic) bond motifs is 1. The fourth-order valence-electron chi connectivity index (χ4n) is 2.59. The normalized spacial score (nSPS) is 12.3. The van der Waals surface area contributed by atoms with Crippen LogP contribution >= 0.6 is 0 Å². The van der Waals surface area contributed by atoms with E-state index >= 15 is 0 Å². The van der Waals surface area contributed by atoms with Crippen molar-refractivity contribution >= 4 is 22.5 Å². The molecule has 3 aromatic rings. The minimum Gasteiger partial charge on any atom is -0.361 e. The minimum atomic E-state index is -0.584. The van der Waals surface area contributed by atoms with Gasteiger partial charge in [-0.05, 0) is 42.7 Å². The highest BCUT2D eigenvalue weighted by molar-refractivity contribution is 5.95. The minimum absolute atomic E-state index is 0.170. The number of hydrogen-bond donors (Lipinski definition) is 3. The Morgan fingerprint density at radius 2 is 2.05 bits per heavy atom. The first kappa shape index (κ1) is 14.4. The number of aromatic nitrogens is 1. The number of anilines is 1. The molecule has 0 spiro atoms. The Balaban J connectivity index is 1.71. The lowest BCUT2D eigenvalue weighted by atomic mass is 10.0. The summed E-state index contributed by atoms with van der Waals surface area (Å²) in [4.78, 5) is 15.4. The quantitative estimate of drug-likeness (QED) is 0.692. The summed E-state index contributed by atoms with van der Waals surface area (Å²) in [6, 6.07) is 15.1. The van der Waals surface area contributed by atoms with Gasteiger partial charge in [0.1, 0.15) is 0 Å². The summed E-state index contributed by atoms with van der Waals surface area (Å²) in [5.74, 6) is -0.170. The van der Waals surface area contributed by atoms with E-state index in [1.54, 1.807) is 0 Å². The molecule has 2 aromatic carbocycles. The monoisotopic (exact) mass is 293 g/mol. The SMILES string of the molecule is Cc1cccc(NC(=O)C(N)Cc2c[nH]c3ccccc23)c1. The van der Waals surface area contributed by atoms with Gasteiger partial charge in [-0.3, -0.25) is 4.79 Å². The van der Waals surface area contributed by atoms with Crippen LogP contribution in [0, 0.1) is 6.92 Å². The van der Waals surface area contributed by atoms with Gasteiger partial charge in [0.05, 0.1) is 6.04 Å². The molecule has 0 aliphatic rings. The summed E-state index contributed by atoms with van der Waals surface area (Å²) in [5, 5.41) is 3.98. The lowest BCUT2D eigenvalue weighted by molar-refractivity contribution is -0.117. The molecule has 0 aliphatic carbocycles. The number of hydrogen-bond acceptors (Lipinski definition) is 2. The first-order chi connectivity index (χ1) is 10.6. The van der Waals surface area contributed by atoms with Gasteiger partial charge in [0, 0.05) is 22.8 Å². The van der Waals surface area contributed by atoms with E-state index in [9.17, 15) is 4.79 Å². The summed E-state index contributed by atoms with van der Waals surface area (Å²) < 4.78 is 0. The molecule has 4 N–H and O–H groups in total. The molecule has 1 aromatic heterocycles. The third-order valence-electron chi connectivity index (χ3n) is 3.74. The summed E-state index contributed by atoms with van der Waals surface area (Å²) in [5.41, 5.74) is 10.1. The molecule has 1 amide bonds. The van der Waals surface area contributed by atoms with Gasteiger partial charge in [-0.2, -0.15) is 0 Å². The molecule has 1 unspecified atom stereocenters. The van der Waals surface area contributed by atoms with Crippen molar-refractivity contribution in [3.05, 3.63) is 65.9 Å². The first-order valence-electron chi connectivity index (χ1n) is 7.31. The number of para-hydroxylation sites is 1. The number of amides is 1. The van der Waals surface area contributed by atoms with Crippen molar-refractivity contribution in [2.45, 2.75) is 19.4 Å². The highest BCUT2D eigenvalue weighted by Crippen LogP contribution is 2.19. The molecule has 3 rings (SSSR count). The fraction of sp³-hybridized carbons (Fsp3) is 0.167. The fourth-order valence-corrected chi connectivity index (χ4v) is 2.59. The van der Waals surface area contributed by atoms with Crippen LogP contribution in [0.25, 0.3) is 10.9 Å². The van der Waals surface area contributed by atoms with E-state index in [4.69, 9.17) is 5.73 Å². The second-order valence-electron chi connectivity index (χ2n) is 5.53. The molecule has 0 aliphatic heterocycles. The number of rotatable bonds is 4. The number of nitrogens with one attached hydrogen (secondary N) is 2. The van der Waals surface area contributed by atoms with Gasteiger partial charge in [-0.15, -0.1) is 0 Å². The highest BCUT2D eigenvalue weighted by atomic mass is 16.2. The molecule has 0 bridgehead atoms. The highest BCUT2D eigenvalue weighted by Gasteiger charge is 2.16. The van der Waals surface area contributed by atoms with E-state index in [1.807, 2.05) is 61.7 Å². The zero-order valence-electron chi connectivity index (χ0n) is 12.5. The van der Waals surface area contributed by atoms with Gasteiger partial charge >= 0.3 is 0 Å². The first-order valence-corrected chi connectivity index (χ1v) is 7.31. The average Bonchev–Trinajstić information content (AvgIpc) is 2.90. The van der Waals surface area contributed by atoms with Gasteiger partial charge in [0.2, 0.25) is 5.91 Å². The Morgan fingerprint density at radius 1 is 1.23 bits per heavy atom. The standard InChI is InChI=1S/C18H19N3O/c1-12-5-4-6-14(9-12)21-18(22)16(19)10-13-11-20-17-8-3-2-7-15(13)17/h2-9,11,16,20H,10,19H2,1H3,(H,21,22). The summed E-state index contributed by atoms with van der Waals surface area (Å²) in [7, 11) is 0. The lowest BCUT2D eigenvalue weighted by Gasteiger charge is -2.12. The van der Waals surface area contributed by atoms with Crippen molar-refractivity contribution in [3.63, 3.8) is 0 Å². The van der Waals surface area contributed by atoms with Gasteiger partial charge in [-0.1, -0.05) is 30.3 Å². The molecule has 0 saturated heterocycles. The number of benzene rings is 2. The third-order valence-corrected chi connectivity index (χ3v) is 3.74. The van der Waals surface area contributed by atoms with Crippen LogP contribution in [0.2, 0.25) is 0 Å². The second-order valence-corrected chi connectivity index (χ2v) is 5.53. The zero-order chi connectivity index (χ0) is 15.5. The van der Waals surface area contributed by atoms with Gasteiger partial charge in [0.25, 0.3) is 0 Å². The maximum Gasteiger partial charge on any atom is 0.241 e. The molecular weight excluding hydrogens is 274 g/mol. The molecule has 1 heterocycles. The van der Waals surface area contributed by atoms with Crippen molar-refractivity contribution in [2.24, 2.45) is 5.73 Å². The Hall–Kier alpha value is -2.59. The van der Waals surface area contributed by atoms with Crippen LogP contribution in [0.15, 0.2) is 54.7 Å². The second kappa shape index (κ2) is 6.03. The van der Waals surface area contributed by atoms with Crippen molar-refractivity contribution in [3.8, 4) is 0 Å². The average molecular weight is 293 g/mol. The number of H-pyrrole nitrogens is 1. The molecule has 0 saturated carbocycles. The molecule has 4 heteroatoms.